The predicted molar refractivity (Wildman–Crippen MR) is 113 cm³/mol. The van der Waals surface area contributed by atoms with Crippen LogP contribution >= 0.6 is 11.6 Å². The number of halogens is 2. The normalized spacial score (nSPS) is 10.8. The summed E-state index contributed by atoms with van der Waals surface area (Å²) in [6, 6.07) is 12.9. The van der Waals surface area contributed by atoms with Gasteiger partial charge in [-0.15, -0.1) is 0 Å². The summed E-state index contributed by atoms with van der Waals surface area (Å²) in [5.74, 6) is -0.563. The van der Waals surface area contributed by atoms with E-state index in [1.165, 1.54) is 10.6 Å². The van der Waals surface area contributed by atoms with E-state index in [2.05, 4.69) is 10.3 Å². The van der Waals surface area contributed by atoms with Crippen LogP contribution in [0.3, 0.4) is 0 Å². The maximum Gasteiger partial charge on any atom is 0.257 e. The van der Waals surface area contributed by atoms with Crippen molar-refractivity contribution in [3.8, 4) is 11.4 Å². The molecular formula is C22H21ClFN3O3. The Bertz CT molecular complexity index is 1110. The van der Waals surface area contributed by atoms with E-state index in [-0.39, 0.29) is 26.1 Å². The number of amides is 1. The first kappa shape index (κ1) is 21.7. The molecular weight excluding hydrogens is 409 g/mol. The zero-order valence-electron chi connectivity index (χ0n) is 16.4. The molecule has 0 aliphatic heterocycles. The maximum atomic E-state index is 13.8. The Morgan fingerprint density at radius 2 is 1.90 bits per heavy atom. The third-order valence-electron chi connectivity index (χ3n) is 4.67. The van der Waals surface area contributed by atoms with E-state index in [0.717, 1.165) is 0 Å². The van der Waals surface area contributed by atoms with Crippen molar-refractivity contribution in [2.75, 3.05) is 6.61 Å². The summed E-state index contributed by atoms with van der Waals surface area (Å²) in [4.78, 5) is 30.1. The van der Waals surface area contributed by atoms with Gasteiger partial charge in [0.05, 0.1) is 0 Å². The van der Waals surface area contributed by atoms with Crippen LogP contribution in [0.4, 0.5) is 4.39 Å². The number of nitrogens with one attached hydrogen (secondary N) is 1. The third-order valence-corrected chi connectivity index (χ3v) is 4.92. The first-order valence-corrected chi connectivity index (χ1v) is 9.75. The Kier molecular flexibility index (Phi) is 6.97. The lowest BCUT2D eigenvalue weighted by Gasteiger charge is -2.16. The molecule has 0 aliphatic carbocycles. The van der Waals surface area contributed by atoms with Crippen LogP contribution in [0.5, 0.6) is 0 Å². The molecule has 0 saturated heterocycles. The minimum Gasteiger partial charge on any atom is -0.396 e. The summed E-state index contributed by atoms with van der Waals surface area (Å²) in [7, 11) is 0. The van der Waals surface area contributed by atoms with Gasteiger partial charge < -0.3 is 10.4 Å². The smallest absolute Gasteiger partial charge is 0.257 e. The van der Waals surface area contributed by atoms with Gasteiger partial charge in [-0.1, -0.05) is 29.8 Å². The van der Waals surface area contributed by atoms with E-state index in [1.54, 1.807) is 49.4 Å². The number of aryl methyl sites for hydroxylation is 1. The molecule has 8 heteroatoms. The number of carbonyl (C=O) groups excluding carboxylic acids is 1. The Morgan fingerprint density at radius 3 is 2.57 bits per heavy atom. The highest BCUT2D eigenvalue weighted by atomic mass is 35.5. The largest absolute Gasteiger partial charge is 0.396 e. The van der Waals surface area contributed by atoms with Crippen molar-refractivity contribution in [2.24, 2.45) is 0 Å². The van der Waals surface area contributed by atoms with Crippen molar-refractivity contribution < 1.29 is 14.3 Å². The van der Waals surface area contributed by atoms with Crippen molar-refractivity contribution in [3.63, 3.8) is 0 Å². The SMILES string of the molecule is Cc1nc(-c2ccc(Cl)cc2)n(CC(=O)NCc2ccccc2F)c(=O)c1CCO. The zero-order valence-corrected chi connectivity index (χ0v) is 17.1. The van der Waals surface area contributed by atoms with E-state index in [4.69, 9.17) is 11.6 Å². The lowest BCUT2D eigenvalue weighted by Crippen LogP contribution is -2.35. The second-order valence-electron chi connectivity index (χ2n) is 6.74. The number of aliphatic hydroxyl groups excluding tert-OH is 1. The van der Waals surface area contributed by atoms with Crippen LogP contribution in [0.15, 0.2) is 53.3 Å². The average molecular weight is 430 g/mol. The monoisotopic (exact) mass is 429 g/mol. The molecule has 0 atom stereocenters. The molecule has 0 spiro atoms. The Labute approximate surface area is 178 Å². The molecule has 0 aliphatic rings. The fourth-order valence-electron chi connectivity index (χ4n) is 3.10. The highest BCUT2D eigenvalue weighted by molar-refractivity contribution is 6.30. The van der Waals surface area contributed by atoms with Crippen LogP contribution in [0.1, 0.15) is 16.8 Å². The Morgan fingerprint density at radius 1 is 1.20 bits per heavy atom. The molecule has 2 aromatic carbocycles. The molecule has 1 amide bonds. The highest BCUT2D eigenvalue weighted by Gasteiger charge is 2.18. The Hall–Kier alpha value is -3.03. The molecule has 6 nitrogen and oxygen atoms in total. The molecule has 0 unspecified atom stereocenters. The number of aliphatic hydroxyl groups is 1. The van der Waals surface area contributed by atoms with E-state index in [9.17, 15) is 19.1 Å². The van der Waals surface area contributed by atoms with E-state index >= 15 is 0 Å². The van der Waals surface area contributed by atoms with Gasteiger partial charge in [0.15, 0.2) is 0 Å². The summed E-state index contributed by atoms with van der Waals surface area (Å²) in [5.41, 5.74) is 1.40. The average Bonchev–Trinajstić information content (AvgIpc) is 2.73. The summed E-state index contributed by atoms with van der Waals surface area (Å²) >= 11 is 5.95. The van der Waals surface area contributed by atoms with Crippen molar-refractivity contribution in [1.29, 1.82) is 0 Å². The van der Waals surface area contributed by atoms with Crippen molar-refractivity contribution in [2.45, 2.75) is 26.4 Å². The highest BCUT2D eigenvalue weighted by Crippen LogP contribution is 2.20. The quantitative estimate of drug-likeness (QED) is 0.605. The fourth-order valence-corrected chi connectivity index (χ4v) is 3.23. The number of aromatic nitrogens is 2. The number of nitrogens with zero attached hydrogens (tertiary/aromatic N) is 2. The third kappa shape index (κ3) is 4.93. The standard InChI is InChI=1S/C22H21ClFN3O3/c1-14-18(10-11-28)22(30)27(21(26-14)15-6-8-17(23)9-7-15)13-20(29)25-12-16-4-2-3-5-19(16)24/h2-9,28H,10-13H2,1H3,(H,25,29). The molecule has 30 heavy (non-hydrogen) atoms. The second-order valence-corrected chi connectivity index (χ2v) is 7.18. The van der Waals surface area contributed by atoms with Crippen LogP contribution in [0.2, 0.25) is 5.02 Å². The molecule has 3 aromatic rings. The molecule has 3 rings (SSSR count). The first-order valence-electron chi connectivity index (χ1n) is 9.38. The molecule has 1 aromatic heterocycles. The molecule has 156 valence electrons. The van der Waals surface area contributed by atoms with Gasteiger partial charge in [-0.25, -0.2) is 9.37 Å². The first-order chi connectivity index (χ1) is 14.4. The number of hydrogen-bond donors (Lipinski definition) is 2. The van der Waals surface area contributed by atoms with Crippen molar-refractivity contribution in [1.82, 2.24) is 14.9 Å². The van der Waals surface area contributed by atoms with Gasteiger partial charge in [0.1, 0.15) is 18.2 Å². The minimum absolute atomic E-state index is 0.000672. The molecule has 0 saturated carbocycles. The molecule has 2 N–H and O–H groups in total. The molecule has 0 radical (unpaired) electrons. The fraction of sp³-hybridized carbons (Fsp3) is 0.227. The van der Waals surface area contributed by atoms with Gasteiger partial charge in [0.2, 0.25) is 5.91 Å². The maximum absolute atomic E-state index is 13.8. The van der Waals surface area contributed by atoms with Gasteiger partial charge in [0, 0.05) is 47.0 Å². The number of carbonyl (C=O) groups is 1. The van der Waals surface area contributed by atoms with Crippen LogP contribution in [0, 0.1) is 12.7 Å². The lowest BCUT2D eigenvalue weighted by molar-refractivity contribution is -0.121. The van der Waals surface area contributed by atoms with Crippen LogP contribution in [-0.4, -0.2) is 27.2 Å². The molecule has 0 fully saturated rings. The minimum atomic E-state index is -0.462. The topological polar surface area (TPSA) is 84.2 Å². The van der Waals surface area contributed by atoms with E-state index in [0.29, 0.717) is 33.2 Å². The number of benzene rings is 2. The summed E-state index contributed by atoms with van der Waals surface area (Å²) in [6.07, 6.45) is 0.134. The summed E-state index contributed by atoms with van der Waals surface area (Å²) in [5, 5.41) is 12.5. The van der Waals surface area contributed by atoms with Gasteiger partial charge in [-0.05, 0) is 37.3 Å². The lowest BCUT2D eigenvalue weighted by atomic mass is 10.1. The van der Waals surface area contributed by atoms with E-state index < -0.39 is 17.3 Å². The van der Waals surface area contributed by atoms with Crippen LogP contribution in [0.25, 0.3) is 11.4 Å². The number of hydrogen-bond acceptors (Lipinski definition) is 4. The van der Waals surface area contributed by atoms with Crippen molar-refractivity contribution in [3.05, 3.63) is 86.5 Å². The predicted octanol–water partition coefficient (Wildman–Crippen LogP) is 2.86. The van der Waals surface area contributed by atoms with Crippen LogP contribution in [-0.2, 0) is 24.3 Å². The number of rotatable bonds is 7. The van der Waals surface area contributed by atoms with E-state index in [1.807, 2.05) is 0 Å². The van der Waals surface area contributed by atoms with Gasteiger partial charge >= 0.3 is 0 Å². The van der Waals surface area contributed by atoms with Gasteiger partial charge in [-0.3, -0.25) is 14.2 Å². The molecule has 1 heterocycles. The zero-order chi connectivity index (χ0) is 21.7. The van der Waals surface area contributed by atoms with Crippen LogP contribution < -0.4 is 10.9 Å². The van der Waals surface area contributed by atoms with Gasteiger partial charge in [0.25, 0.3) is 5.56 Å². The summed E-state index contributed by atoms with van der Waals surface area (Å²) < 4.78 is 15.0. The second kappa shape index (κ2) is 9.65. The molecule has 0 bridgehead atoms. The van der Waals surface area contributed by atoms with Crippen molar-refractivity contribution >= 4 is 17.5 Å². The Balaban J connectivity index is 1.93. The summed E-state index contributed by atoms with van der Waals surface area (Å²) in [6.45, 7) is 1.18. The van der Waals surface area contributed by atoms with Gasteiger partial charge in [-0.2, -0.15) is 0 Å².